The SMILES string of the molecule is N#Cc1cc(C(F)(F)F)ccc1NS(=O)(=O)CCCl. The van der Waals surface area contributed by atoms with E-state index in [1.165, 1.54) is 6.07 Å². The molecular weight excluding hydrogens is 305 g/mol. The lowest BCUT2D eigenvalue weighted by Gasteiger charge is -2.11. The molecule has 1 aromatic rings. The van der Waals surface area contributed by atoms with Gasteiger partial charge in [-0.3, -0.25) is 4.72 Å². The normalized spacial score (nSPS) is 11.9. The predicted molar refractivity (Wildman–Crippen MR) is 64.3 cm³/mol. The lowest BCUT2D eigenvalue weighted by molar-refractivity contribution is -0.137. The van der Waals surface area contributed by atoms with E-state index in [9.17, 15) is 21.6 Å². The fraction of sp³-hybridized carbons (Fsp3) is 0.300. The Kier molecular flexibility index (Phi) is 4.66. The number of alkyl halides is 4. The van der Waals surface area contributed by atoms with Gasteiger partial charge in [0.2, 0.25) is 10.0 Å². The zero-order chi connectivity index (χ0) is 14.7. The third-order valence-electron chi connectivity index (χ3n) is 2.08. The van der Waals surface area contributed by atoms with E-state index >= 15 is 0 Å². The van der Waals surface area contributed by atoms with Crippen molar-refractivity contribution in [3.8, 4) is 6.07 Å². The maximum absolute atomic E-state index is 12.4. The second-order valence-electron chi connectivity index (χ2n) is 3.48. The van der Waals surface area contributed by atoms with Gasteiger partial charge in [-0.25, -0.2) is 8.42 Å². The molecule has 0 fully saturated rings. The fourth-order valence-electron chi connectivity index (χ4n) is 1.22. The van der Waals surface area contributed by atoms with Gasteiger partial charge in [0.25, 0.3) is 0 Å². The Morgan fingerprint density at radius 2 is 2.00 bits per heavy atom. The Balaban J connectivity index is 3.15. The van der Waals surface area contributed by atoms with E-state index in [-0.39, 0.29) is 11.6 Å². The number of hydrogen-bond acceptors (Lipinski definition) is 3. The minimum Gasteiger partial charge on any atom is -0.282 e. The second-order valence-corrected chi connectivity index (χ2v) is 5.70. The van der Waals surface area contributed by atoms with Crippen LogP contribution in [0.15, 0.2) is 18.2 Å². The van der Waals surface area contributed by atoms with Crippen LogP contribution in [-0.2, 0) is 16.2 Å². The Labute approximate surface area is 112 Å². The standard InChI is InChI=1S/C10H8ClF3N2O2S/c11-3-4-19(17,18)16-9-2-1-8(10(12,13)14)5-7(9)6-15/h1-2,5,16H,3-4H2. The molecular formula is C10H8ClF3N2O2S. The quantitative estimate of drug-likeness (QED) is 0.869. The van der Waals surface area contributed by atoms with Crippen molar-refractivity contribution in [3.63, 3.8) is 0 Å². The largest absolute Gasteiger partial charge is 0.416 e. The van der Waals surface area contributed by atoms with E-state index in [1.807, 2.05) is 4.72 Å². The summed E-state index contributed by atoms with van der Waals surface area (Å²) in [7, 11) is -3.78. The molecule has 0 unspecified atom stereocenters. The molecule has 19 heavy (non-hydrogen) atoms. The summed E-state index contributed by atoms with van der Waals surface area (Å²) in [5.74, 6) is -0.571. The summed E-state index contributed by atoms with van der Waals surface area (Å²) >= 11 is 5.28. The molecule has 1 N–H and O–H groups in total. The van der Waals surface area contributed by atoms with Gasteiger partial charge < -0.3 is 0 Å². The van der Waals surface area contributed by atoms with E-state index in [2.05, 4.69) is 0 Å². The molecule has 0 atom stereocenters. The van der Waals surface area contributed by atoms with Crippen LogP contribution in [0.1, 0.15) is 11.1 Å². The zero-order valence-corrected chi connectivity index (χ0v) is 10.9. The molecule has 0 aliphatic heterocycles. The van der Waals surface area contributed by atoms with Gasteiger partial charge >= 0.3 is 6.18 Å². The molecule has 0 aliphatic carbocycles. The minimum absolute atomic E-state index is 0.169. The van der Waals surface area contributed by atoms with Gasteiger partial charge in [0.1, 0.15) is 6.07 Å². The maximum Gasteiger partial charge on any atom is 0.416 e. The first-order valence-electron chi connectivity index (χ1n) is 4.87. The monoisotopic (exact) mass is 312 g/mol. The topological polar surface area (TPSA) is 70.0 Å². The average Bonchev–Trinajstić information content (AvgIpc) is 2.27. The van der Waals surface area contributed by atoms with E-state index in [4.69, 9.17) is 16.9 Å². The van der Waals surface area contributed by atoms with E-state index in [1.54, 1.807) is 0 Å². The highest BCUT2D eigenvalue weighted by atomic mass is 35.5. The first-order chi connectivity index (χ1) is 8.69. The first-order valence-corrected chi connectivity index (χ1v) is 7.06. The molecule has 1 rings (SSSR count). The van der Waals surface area contributed by atoms with Crippen molar-refractivity contribution in [3.05, 3.63) is 29.3 Å². The third-order valence-corrected chi connectivity index (χ3v) is 3.76. The highest BCUT2D eigenvalue weighted by Gasteiger charge is 2.31. The third kappa shape index (κ3) is 4.29. The molecule has 0 heterocycles. The van der Waals surface area contributed by atoms with Gasteiger partial charge in [-0.15, -0.1) is 11.6 Å². The first kappa shape index (κ1) is 15.6. The molecule has 0 amide bonds. The number of nitriles is 1. The summed E-state index contributed by atoms with van der Waals surface area (Å²) in [5, 5.41) is 8.76. The van der Waals surface area contributed by atoms with E-state index in [0.717, 1.165) is 6.07 Å². The number of rotatable bonds is 4. The Bertz CT molecular complexity index is 608. The minimum atomic E-state index is -4.60. The number of anilines is 1. The van der Waals surface area contributed by atoms with E-state index < -0.39 is 33.1 Å². The van der Waals surface area contributed by atoms with Crippen molar-refractivity contribution in [2.24, 2.45) is 0 Å². The summed E-state index contributed by atoms with van der Waals surface area (Å²) in [4.78, 5) is 0. The lowest BCUT2D eigenvalue weighted by atomic mass is 10.1. The second kappa shape index (κ2) is 5.67. The number of nitrogens with one attached hydrogen (secondary N) is 1. The summed E-state index contributed by atoms with van der Waals surface area (Å²) in [6, 6.07) is 3.68. The van der Waals surface area contributed by atoms with Crippen LogP contribution in [0.25, 0.3) is 0 Å². The zero-order valence-electron chi connectivity index (χ0n) is 9.33. The summed E-state index contributed by atoms with van der Waals surface area (Å²) < 4.78 is 62.1. The van der Waals surface area contributed by atoms with Gasteiger partial charge in [0, 0.05) is 5.88 Å². The van der Waals surface area contributed by atoms with Crippen LogP contribution in [-0.4, -0.2) is 20.1 Å². The van der Waals surface area contributed by atoms with Gasteiger partial charge in [0.15, 0.2) is 0 Å². The average molecular weight is 313 g/mol. The molecule has 0 aliphatic rings. The Morgan fingerprint density at radius 1 is 1.37 bits per heavy atom. The molecule has 4 nitrogen and oxygen atoms in total. The number of hydrogen-bond donors (Lipinski definition) is 1. The van der Waals surface area contributed by atoms with Crippen LogP contribution in [0, 0.1) is 11.3 Å². The molecule has 9 heteroatoms. The van der Waals surface area contributed by atoms with Crippen molar-refractivity contribution in [1.82, 2.24) is 0 Å². The van der Waals surface area contributed by atoms with Crippen molar-refractivity contribution < 1.29 is 21.6 Å². The number of benzene rings is 1. The van der Waals surface area contributed by atoms with Gasteiger partial charge in [-0.2, -0.15) is 18.4 Å². The Morgan fingerprint density at radius 3 is 2.47 bits per heavy atom. The van der Waals surface area contributed by atoms with E-state index in [0.29, 0.717) is 12.1 Å². The molecule has 0 saturated heterocycles. The van der Waals surface area contributed by atoms with Gasteiger partial charge in [0.05, 0.1) is 22.6 Å². The van der Waals surface area contributed by atoms with Crippen molar-refractivity contribution in [2.75, 3.05) is 16.4 Å². The molecule has 0 radical (unpaired) electrons. The lowest BCUT2D eigenvalue weighted by Crippen LogP contribution is -2.18. The van der Waals surface area contributed by atoms with Crippen LogP contribution in [0.3, 0.4) is 0 Å². The fourth-order valence-corrected chi connectivity index (χ4v) is 2.65. The number of sulfonamides is 1. The maximum atomic E-state index is 12.4. The summed E-state index contributed by atoms with van der Waals surface area (Å²) in [6.07, 6.45) is -4.60. The highest BCUT2D eigenvalue weighted by Crippen LogP contribution is 2.31. The summed E-state index contributed by atoms with van der Waals surface area (Å²) in [5.41, 5.74) is -1.64. The molecule has 0 saturated carbocycles. The number of halogens is 4. The van der Waals surface area contributed by atoms with Crippen molar-refractivity contribution in [1.29, 1.82) is 5.26 Å². The molecule has 1 aromatic carbocycles. The molecule has 104 valence electrons. The van der Waals surface area contributed by atoms with Crippen LogP contribution >= 0.6 is 11.6 Å². The van der Waals surface area contributed by atoms with Crippen molar-refractivity contribution in [2.45, 2.75) is 6.18 Å². The molecule has 0 bridgehead atoms. The van der Waals surface area contributed by atoms with Crippen LogP contribution < -0.4 is 4.72 Å². The van der Waals surface area contributed by atoms with Crippen molar-refractivity contribution >= 4 is 27.3 Å². The van der Waals surface area contributed by atoms with Crippen LogP contribution in [0.5, 0.6) is 0 Å². The predicted octanol–water partition coefficient (Wildman–Crippen LogP) is 2.56. The Hall–Kier alpha value is -1.46. The highest BCUT2D eigenvalue weighted by molar-refractivity contribution is 7.92. The van der Waals surface area contributed by atoms with Gasteiger partial charge in [-0.05, 0) is 18.2 Å². The smallest absolute Gasteiger partial charge is 0.282 e. The molecule has 0 spiro atoms. The number of nitrogens with zero attached hydrogens (tertiary/aromatic N) is 1. The van der Waals surface area contributed by atoms with Crippen LogP contribution in [0.4, 0.5) is 18.9 Å². The van der Waals surface area contributed by atoms with Crippen LogP contribution in [0.2, 0.25) is 0 Å². The summed E-state index contributed by atoms with van der Waals surface area (Å²) in [6.45, 7) is 0. The van der Waals surface area contributed by atoms with Gasteiger partial charge in [-0.1, -0.05) is 0 Å². The molecule has 0 aromatic heterocycles.